The van der Waals surface area contributed by atoms with E-state index in [1.54, 1.807) is 20.8 Å². The Balaban J connectivity index is 3.84. The molecular weight excluding hydrogens is 480 g/mol. The minimum atomic E-state index is -1.27. The highest BCUT2D eigenvalue weighted by Crippen LogP contribution is 2.17. The fourth-order valence-corrected chi connectivity index (χ4v) is 3.23. The Morgan fingerprint density at radius 3 is 1.84 bits per heavy atom. The number of hydrogen-bond donors (Lipinski definition) is 0. The Morgan fingerprint density at radius 1 is 0.676 bits per heavy atom. The molecule has 0 saturated carbocycles. The Labute approximate surface area is 221 Å². The van der Waals surface area contributed by atoms with Crippen LogP contribution in [-0.4, -0.2) is 67.4 Å². The predicted molar refractivity (Wildman–Crippen MR) is 139 cm³/mol. The molecule has 0 bridgehead atoms. The quantitative estimate of drug-likeness (QED) is 0.114. The van der Waals surface area contributed by atoms with Gasteiger partial charge in [0.15, 0.2) is 11.6 Å². The van der Waals surface area contributed by atoms with Crippen LogP contribution in [0.3, 0.4) is 0 Å². The summed E-state index contributed by atoms with van der Waals surface area (Å²) in [5.41, 5.74) is -2.07. The number of ketones is 3. The lowest BCUT2D eigenvalue weighted by atomic mass is 9.97. The van der Waals surface area contributed by atoms with Crippen molar-refractivity contribution in [3.8, 4) is 0 Å². The number of carbonyl (C=O) groups excluding carboxylic acids is 5. The fraction of sp³-hybridized carbons (Fsp3) is 0.750. The van der Waals surface area contributed by atoms with Crippen LogP contribution < -0.4 is 0 Å². The predicted octanol–water partition coefficient (Wildman–Crippen LogP) is 4.48. The molecule has 37 heavy (non-hydrogen) atoms. The Kier molecular flexibility index (Phi) is 17.6. The zero-order chi connectivity index (χ0) is 28.3. The van der Waals surface area contributed by atoms with E-state index in [-0.39, 0.29) is 24.8 Å². The van der Waals surface area contributed by atoms with Crippen molar-refractivity contribution in [1.82, 2.24) is 0 Å². The molecule has 0 fully saturated rings. The van der Waals surface area contributed by atoms with Gasteiger partial charge in [-0.05, 0) is 66.4 Å². The van der Waals surface area contributed by atoms with E-state index in [9.17, 15) is 24.0 Å². The van der Waals surface area contributed by atoms with Gasteiger partial charge in [0.2, 0.25) is 0 Å². The number of unbranched alkanes of at least 4 members (excludes halogenated alkanes) is 6. The molecule has 9 nitrogen and oxygen atoms in total. The summed E-state index contributed by atoms with van der Waals surface area (Å²) in [5.74, 6) is -1.45. The normalized spacial score (nSPS) is 11.9. The molecule has 0 spiro atoms. The molecule has 0 radical (unpaired) electrons. The van der Waals surface area contributed by atoms with Crippen molar-refractivity contribution in [2.75, 3.05) is 26.9 Å². The lowest BCUT2D eigenvalue weighted by molar-refractivity contribution is -0.157. The lowest BCUT2D eigenvalue weighted by Crippen LogP contribution is -2.36. The molecule has 0 amide bonds. The van der Waals surface area contributed by atoms with Gasteiger partial charge in [-0.1, -0.05) is 25.7 Å². The van der Waals surface area contributed by atoms with Crippen LogP contribution in [0.2, 0.25) is 0 Å². The Hall–Kier alpha value is -2.39. The maximum absolute atomic E-state index is 12.3. The van der Waals surface area contributed by atoms with Crippen molar-refractivity contribution in [2.24, 2.45) is 0 Å². The third kappa shape index (κ3) is 17.7. The van der Waals surface area contributed by atoms with Crippen molar-refractivity contribution in [3.63, 3.8) is 0 Å². The van der Waals surface area contributed by atoms with Gasteiger partial charge in [-0.2, -0.15) is 0 Å². The lowest BCUT2D eigenvalue weighted by Gasteiger charge is -2.24. The summed E-state index contributed by atoms with van der Waals surface area (Å²) in [6.07, 6.45) is 10.00. The molecule has 0 heterocycles. The third-order valence-electron chi connectivity index (χ3n) is 5.84. The van der Waals surface area contributed by atoms with Crippen LogP contribution in [0.1, 0.15) is 98.8 Å². The minimum absolute atomic E-state index is 0.0709. The smallest absolute Gasteiger partial charge is 0.332 e. The maximum Gasteiger partial charge on any atom is 0.332 e. The monoisotopic (exact) mass is 526 g/mol. The number of hydrogen-bond acceptors (Lipinski definition) is 9. The standard InChI is InChI=1S/C28H46O9/c1-22(29)15-11-12-16-23(30)27(2,3)36-20-14-10-8-7-9-13-19-35-26(33)21-37-28(4,5)24(31)17-18-25(32)34-6/h17-18H,7-16,19-21H2,1-6H3. The summed E-state index contributed by atoms with van der Waals surface area (Å²) >= 11 is 0. The van der Waals surface area contributed by atoms with Crippen molar-refractivity contribution in [3.05, 3.63) is 12.2 Å². The second kappa shape index (κ2) is 18.8. The van der Waals surface area contributed by atoms with Crippen LogP contribution in [0, 0.1) is 0 Å². The van der Waals surface area contributed by atoms with Crippen LogP contribution in [0.5, 0.6) is 0 Å². The molecule has 0 aliphatic rings. The number of rotatable bonds is 22. The van der Waals surface area contributed by atoms with Crippen LogP contribution in [0.15, 0.2) is 12.2 Å². The van der Waals surface area contributed by atoms with E-state index in [1.807, 2.05) is 0 Å². The largest absolute Gasteiger partial charge is 0.466 e. The zero-order valence-corrected chi connectivity index (χ0v) is 23.5. The second-order valence-corrected chi connectivity index (χ2v) is 10.1. The molecule has 0 N–H and O–H groups in total. The van der Waals surface area contributed by atoms with E-state index in [2.05, 4.69) is 4.74 Å². The highest BCUT2D eigenvalue weighted by atomic mass is 16.6. The summed E-state index contributed by atoms with van der Waals surface area (Å²) in [6, 6.07) is 0. The molecule has 212 valence electrons. The molecular formula is C28H46O9. The maximum atomic E-state index is 12.3. The van der Waals surface area contributed by atoms with Crippen LogP contribution in [-0.2, 0) is 42.9 Å². The molecule has 0 aliphatic heterocycles. The van der Waals surface area contributed by atoms with E-state index in [1.165, 1.54) is 21.0 Å². The van der Waals surface area contributed by atoms with Gasteiger partial charge in [-0.25, -0.2) is 9.59 Å². The molecule has 0 aromatic carbocycles. The van der Waals surface area contributed by atoms with Crippen LogP contribution in [0.25, 0.3) is 0 Å². The number of esters is 2. The van der Waals surface area contributed by atoms with Gasteiger partial charge in [-0.15, -0.1) is 0 Å². The Morgan fingerprint density at radius 2 is 1.24 bits per heavy atom. The first kappa shape index (κ1) is 34.6. The van der Waals surface area contributed by atoms with Gasteiger partial charge in [-0.3, -0.25) is 9.59 Å². The molecule has 0 aromatic rings. The molecule has 9 heteroatoms. The molecule has 0 unspecified atom stereocenters. The summed E-state index contributed by atoms with van der Waals surface area (Å²) in [5, 5.41) is 0. The van der Waals surface area contributed by atoms with Gasteiger partial charge >= 0.3 is 11.9 Å². The SMILES string of the molecule is COC(=O)C=CC(=O)C(C)(C)OCC(=O)OCCCCCCCCOC(C)(C)C(=O)CCCCC(C)=O. The van der Waals surface area contributed by atoms with Gasteiger partial charge < -0.3 is 23.7 Å². The number of Topliss-reactive ketones (excluding diaryl/α,β-unsaturated/α-hetero) is 2. The van der Waals surface area contributed by atoms with Crippen molar-refractivity contribution >= 4 is 29.3 Å². The molecule has 0 rings (SSSR count). The number of ether oxygens (including phenoxy) is 4. The highest BCUT2D eigenvalue weighted by molar-refractivity contribution is 6.00. The molecule has 0 atom stereocenters. The average Bonchev–Trinajstić information content (AvgIpc) is 2.84. The molecule has 0 saturated heterocycles. The van der Waals surface area contributed by atoms with Crippen LogP contribution in [0.4, 0.5) is 0 Å². The van der Waals surface area contributed by atoms with Gasteiger partial charge in [0.05, 0.1) is 13.7 Å². The summed E-state index contributed by atoms with van der Waals surface area (Å²) < 4.78 is 20.7. The van der Waals surface area contributed by atoms with E-state index in [0.29, 0.717) is 25.9 Å². The third-order valence-corrected chi connectivity index (χ3v) is 5.84. The summed E-state index contributed by atoms with van der Waals surface area (Å²) in [6.45, 7) is 8.63. The first-order valence-corrected chi connectivity index (χ1v) is 13.1. The summed E-state index contributed by atoms with van der Waals surface area (Å²) in [4.78, 5) is 58.3. The topological polar surface area (TPSA) is 122 Å². The van der Waals surface area contributed by atoms with Crippen LogP contribution >= 0.6 is 0 Å². The van der Waals surface area contributed by atoms with E-state index in [4.69, 9.17) is 14.2 Å². The van der Waals surface area contributed by atoms with E-state index < -0.39 is 28.9 Å². The van der Waals surface area contributed by atoms with E-state index in [0.717, 1.165) is 57.1 Å². The first-order valence-electron chi connectivity index (χ1n) is 13.1. The fourth-order valence-electron chi connectivity index (χ4n) is 3.23. The highest BCUT2D eigenvalue weighted by Gasteiger charge is 2.28. The van der Waals surface area contributed by atoms with Crippen molar-refractivity contribution < 1.29 is 42.9 Å². The Bertz CT molecular complexity index is 766. The van der Waals surface area contributed by atoms with E-state index >= 15 is 0 Å². The van der Waals surface area contributed by atoms with Crippen molar-refractivity contribution in [2.45, 2.75) is 110 Å². The summed E-state index contributed by atoms with van der Waals surface area (Å²) in [7, 11) is 1.21. The van der Waals surface area contributed by atoms with Gasteiger partial charge in [0.1, 0.15) is 23.6 Å². The molecule has 0 aliphatic carbocycles. The van der Waals surface area contributed by atoms with Gasteiger partial charge in [0.25, 0.3) is 0 Å². The second-order valence-electron chi connectivity index (χ2n) is 10.1. The zero-order valence-electron chi connectivity index (χ0n) is 23.5. The number of methoxy groups -OCH3 is 1. The average molecular weight is 527 g/mol. The van der Waals surface area contributed by atoms with Gasteiger partial charge in [0, 0.05) is 25.5 Å². The molecule has 0 aromatic heterocycles. The van der Waals surface area contributed by atoms with Crippen molar-refractivity contribution in [1.29, 1.82) is 0 Å². The minimum Gasteiger partial charge on any atom is -0.466 e. The first-order chi connectivity index (χ1) is 17.3. The number of carbonyl (C=O) groups is 5.